The maximum Gasteiger partial charge on any atom is 0.416 e. The van der Waals surface area contributed by atoms with Gasteiger partial charge in [0, 0.05) is 5.56 Å². The summed E-state index contributed by atoms with van der Waals surface area (Å²) in [5.41, 5.74) is -2.11. The molecule has 0 bridgehead atoms. The highest BCUT2D eigenvalue weighted by atomic mass is 35.5. The van der Waals surface area contributed by atoms with Gasteiger partial charge >= 0.3 is 6.18 Å². The lowest BCUT2D eigenvalue weighted by Crippen LogP contribution is -2.11. The van der Waals surface area contributed by atoms with Crippen molar-refractivity contribution in [3.8, 4) is 0 Å². The van der Waals surface area contributed by atoms with Crippen LogP contribution >= 0.6 is 11.6 Å². The molecule has 1 aromatic carbocycles. The normalized spacial score (nSPS) is 11.9. The highest BCUT2D eigenvalue weighted by molar-refractivity contribution is 6.17. The topological polar surface area (TPSA) is 0 Å². The van der Waals surface area contributed by atoms with Crippen LogP contribution in [0.1, 0.15) is 11.1 Å². The van der Waals surface area contributed by atoms with Gasteiger partial charge in [-0.3, -0.25) is 0 Å². The third-order valence-electron chi connectivity index (χ3n) is 1.64. The summed E-state index contributed by atoms with van der Waals surface area (Å²) in [5, 5.41) is 0. The van der Waals surface area contributed by atoms with E-state index >= 15 is 0 Å². The van der Waals surface area contributed by atoms with Crippen LogP contribution in [0.4, 0.5) is 22.0 Å². The average Bonchev–Trinajstić information content (AvgIpc) is 2.07. The fraction of sp³-hybridized carbons (Fsp3) is 0.250. The molecule has 0 N–H and O–H groups in total. The summed E-state index contributed by atoms with van der Waals surface area (Å²) in [7, 11) is 0. The zero-order valence-electron chi connectivity index (χ0n) is 6.63. The van der Waals surface area contributed by atoms with E-state index in [0.717, 1.165) is 0 Å². The van der Waals surface area contributed by atoms with E-state index in [1.165, 1.54) is 0 Å². The van der Waals surface area contributed by atoms with E-state index in [2.05, 4.69) is 0 Å². The Morgan fingerprint density at radius 2 is 1.71 bits per heavy atom. The zero-order chi connectivity index (χ0) is 10.9. The van der Waals surface area contributed by atoms with E-state index in [1.54, 1.807) is 0 Å². The molecule has 0 aliphatic carbocycles. The number of hydrogen-bond donors (Lipinski definition) is 0. The van der Waals surface area contributed by atoms with Crippen molar-refractivity contribution in [3.63, 3.8) is 0 Å². The van der Waals surface area contributed by atoms with Gasteiger partial charge in [-0.05, 0) is 12.1 Å². The van der Waals surface area contributed by atoms with Gasteiger partial charge in [0.25, 0.3) is 0 Å². The van der Waals surface area contributed by atoms with Crippen molar-refractivity contribution in [3.05, 3.63) is 34.9 Å². The van der Waals surface area contributed by atoms with Gasteiger partial charge < -0.3 is 0 Å². The minimum Gasteiger partial charge on any atom is -0.204 e. The number of benzene rings is 1. The van der Waals surface area contributed by atoms with Crippen LogP contribution in [0.25, 0.3) is 0 Å². The molecule has 0 nitrogen and oxygen atoms in total. The Morgan fingerprint density at radius 3 is 2.14 bits per heavy atom. The van der Waals surface area contributed by atoms with Crippen molar-refractivity contribution in [2.24, 2.45) is 0 Å². The van der Waals surface area contributed by atoms with Gasteiger partial charge in [-0.1, -0.05) is 0 Å². The van der Waals surface area contributed by atoms with Gasteiger partial charge in [-0.15, -0.1) is 11.6 Å². The van der Waals surface area contributed by atoms with Crippen LogP contribution in [0.3, 0.4) is 0 Å². The van der Waals surface area contributed by atoms with Gasteiger partial charge in [0.2, 0.25) is 0 Å². The first-order valence-electron chi connectivity index (χ1n) is 3.48. The predicted octanol–water partition coefficient (Wildman–Crippen LogP) is 3.72. The predicted molar refractivity (Wildman–Crippen MR) is 40.9 cm³/mol. The lowest BCUT2D eigenvalue weighted by Gasteiger charge is -2.11. The van der Waals surface area contributed by atoms with Gasteiger partial charge in [0.05, 0.1) is 11.4 Å². The molecular formula is C8H4ClF5. The molecule has 1 aromatic rings. The summed E-state index contributed by atoms with van der Waals surface area (Å²) in [4.78, 5) is 0. The van der Waals surface area contributed by atoms with E-state index in [1.807, 2.05) is 0 Å². The minimum atomic E-state index is -4.72. The van der Waals surface area contributed by atoms with E-state index in [9.17, 15) is 22.0 Å². The van der Waals surface area contributed by atoms with Gasteiger partial charge in [-0.25, -0.2) is 8.78 Å². The summed E-state index contributed by atoms with van der Waals surface area (Å²) in [6.45, 7) is 0. The Labute approximate surface area is 81.3 Å². The van der Waals surface area contributed by atoms with Crippen LogP contribution in [-0.2, 0) is 12.1 Å². The molecule has 1 rings (SSSR count). The Kier molecular flexibility index (Phi) is 2.99. The molecule has 0 unspecified atom stereocenters. The summed E-state index contributed by atoms with van der Waals surface area (Å²) < 4.78 is 62.0. The van der Waals surface area contributed by atoms with Gasteiger partial charge in [-0.2, -0.15) is 13.2 Å². The smallest absolute Gasteiger partial charge is 0.204 e. The number of rotatable bonds is 1. The maximum atomic E-state index is 12.8. The maximum absolute atomic E-state index is 12.8. The molecule has 0 radical (unpaired) electrons. The molecule has 0 spiro atoms. The molecule has 0 aliphatic rings. The quantitative estimate of drug-likeness (QED) is 0.509. The number of hydrogen-bond acceptors (Lipinski definition) is 0. The summed E-state index contributed by atoms with van der Waals surface area (Å²) in [6, 6.07) is 0.893. The molecule has 78 valence electrons. The van der Waals surface area contributed by atoms with Crippen molar-refractivity contribution in [1.82, 2.24) is 0 Å². The molecule has 6 heteroatoms. The zero-order valence-corrected chi connectivity index (χ0v) is 7.39. The molecular weight excluding hydrogens is 227 g/mol. The third kappa shape index (κ3) is 1.97. The third-order valence-corrected chi connectivity index (χ3v) is 1.90. The highest BCUT2D eigenvalue weighted by Gasteiger charge is 2.34. The highest BCUT2D eigenvalue weighted by Crippen LogP contribution is 2.34. The molecule has 0 atom stereocenters. The van der Waals surface area contributed by atoms with Crippen molar-refractivity contribution in [1.29, 1.82) is 0 Å². The molecule has 0 saturated carbocycles. The van der Waals surface area contributed by atoms with Gasteiger partial charge in [0.15, 0.2) is 11.6 Å². The van der Waals surface area contributed by atoms with E-state index in [4.69, 9.17) is 11.6 Å². The van der Waals surface area contributed by atoms with Crippen molar-refractivity contribution in [2.75, 3.05) is 0 Å². The fourth-order valence-corrected chi connectivity index (χ4v) is 1.25. The monoisotopic (exact) mass is 230 g/mol. The molecule has 0 saturated heterocycles. The molecule has 0 amide bonds. The lowest BCUT2D eigenvalue weighted by molar-refractivity contribution is -0.138. The fourth-order valence-electron chi connectivity index (χ4n) is 0.989. The Balaban J connectivity index is 3.39. The van der Waals surface area contributed by atoms with E-state index in [0.29, 0.717) is 12.1 Å². The SMILES string of the molecule is Fc1ccc(C(F)(F)F)c(CCl)c1F. The van der Waals surface area contributed by atoms with Crippen LogP contribution in [0, 0.1) is 11.6 Å². The summed E-state index contributed by atoms with van der Waals surface area (Å²) >= 11 is 5.11. The molecule has 14 heavy (non-hydrogen) atoms. The average molecular weight is 231 g/mol. The second kappa shape index (κ2) is 3.73. The molecule has 0 aromatic heterocycles. The van der Waals surface area contributed by atoms with E-state index < -0.39 is 34.8 Å². The first-order valence-corrected chi connectivity index (χ1v) is 4.01. The van der Waals surface area contributed by atoms with Crippen molar-refractivity contribution in [2.45, 2.75) is 12.1 Å². The van der Waals surface area contributed by atoms with Crippen molar-refractivity contribution < 1.29 is 22.0 Å². The van der Waals surface area contributed by atoms with Crippen LogP contribution < -0.4 is 0 Å². The van der Waals surface area contributed by atoms with Crippen LogP contribution in [-0.4, -0.2) is 0 Å². The van der Waals surface area contributed by atoms with Crippen LogP contribution in [0.5, 0.6) is 0 Å². The number of halogens is 6. The Morgan fingerprint density at radius 1 is 1.14 bits per heavy atom. The van der Waals surface area contributed by atoms with E-state index in [-0.39, 0.29) is 0 Å². The standard InChI is InChI=1S/C8H4ClF5/c9-3-4-5(8(12,13)14)1-2-6(10)7(4)11/h1-2H,3H2. The second-order valence-electron chi connectivity index (χ2n) is 2.52. The summed E-state index contributed by atoms with van der Waals surface area (Å²) in [5.74, 6) is -3.61. The molecule has 0 heterocycles. The van der Waals surface area contributed by atoms with Crippen LogP contribution in [0.2, 0.25) is 0 Å². The summed E-state index contributed by atoms with van der Waals surface area (Å²) in [6.07, 6.45) is -4.72. The van der Waals surface area contributed by atoms with Crippen molar-refractivity contribution >= 4 is 11.6 Å². The Hall–Kier alpha value is -0.840. The van der Waals surface area contributed by atoms with Crippen LogP contribution in [0.15, 0.2) is 12.1 Å². The first kappa shape index (κ1) is 11.2. The van der Waals surface area contributed by atoms with Gasteiger partial charge in [0.1, 0.15) is 0 Å². The molecule has 0 fully saturated rings. The Bertz CT molecular complexity index is 344. The largest absolute Gasteiger partial charge is 0.416 e. The lowest BCUT2D eigenvalue weighted by atomic mass is 10.1. The minimum absolute atomic E-state index is 0.425. The first-order chi connectivity index (χ1) is 6.38. The number of alkyl halides is 4. The second-order valence-corrected chi connectivity index (χ2v) is 2.79. The molecule has 0 aliphatic heterocycles.